The fourth-order valence-corrected chi connectivity index (χ4v) is 1.98. The number of hydrogen-bond donors (Lipinski definition) is 1. The van der Waals surface area contributed by atoms with E-state index in [0.717, 1.165) is 34.3 Å². The van der Waals surface area contributed by atoms with Crippen LogP contribution in [0.25, 0.3) is 22.1 Å². The topological polar surface area (TPSA) is 37.8 Å². The van der Waals surface area contributed by atoms with Crippen LogP contribution < -0.4 is 5.32 Å². The van der Waals surface area contributed by atoms with Crippen molar-refractivity contribution in [1.29, 1.82) is 0 Å². The maximum absolute atomic E-state index is 4.67. The van der Waals surface area contributed by atoms with Gasteiger partial charge >= 0.3 is 0 Å². The highest BCUT2D eigenvalue weighted by atomic mass is 14.9. The lowest BCUT2D eigenvalue weighted by molar-refractivity contribution is 1.21. The molecular weight excluding hydrogens is 210 g/mol. The van der Waals surface area contributed by atoms with Crippen LogP contribution in [0.2, 0.25) is 0 Å². The van der Waals surface area contributed by atoms with Crippen molar-refractivity contribution in [2.75, 3.05) is 11.9 Å². The second-order valence-corrected chi connectivity index (χ2v) is 3.92. The first kappa shape index (κ1) is 10.0. The molecule has 3 rings (SSSR count). The van der Waals surface area contributed by atoms with Crippen LogP contribution in [0.5, 0.6) is 0 Å². The molecule has 1 heterocycles. The summed E-state index contributed by atoms with van der Waals surface area (Å²) in [5.41, 5.74) is 4.79. The van der Waals surface area contributed by atoms with E-state index in [1.165, 1.54) is 0 Å². The Bertz CT molecular complexity index is 676. The van der Waals surface area contributed by atoms with Crippen LogP contribution in [0.1, 0.15) is 6.92 Å². The number of fused-ring (bicyclic) bond motifs is 2. The molecule has 0 atom stereocenters. The lowest BCUT2D eigenvalue weighted by Crippen LogP contribution is -1.99. The molecule has 2 aromatic carbocycles. The molecule has 84 valence electrons. The van der Waals surface area contributed by atoms with Gasteiger partial charge in [0.1, 0.15) is 5.52 Å². The van der Waals surface area contributed by atoms with Crippen LogP contribution in [0, 0.1) is 0 Å². The average molecular weight is 223 g/mol. The number of benzene rings is 2. The van der Waals surface area contributed by atoms with E-state index in [1.807, 2.05) is 42.5 Å². The lowest BCUT2D eigenvalue weighted by Gasteiger charge is -2.07. The van der Waals surface area contributed by atoms with Crippen molar-refractivity contribution >= 4 is 27.8 Å². The van der Waals surface area contributed by atoms with E-state index in [4.69, 9.17) is 0 Å². The van der Waals surface area contributed by atoms with Crippen LogP contribution in [-0.2, 0) is 0 Å². The highest BCUT2D eigenvalue weighted by Crippen LogP contribution is 2.22. The molecule has 0 spiro atoms. The van der Waals surface area contributed by atoms with Crippen LogP contribution >= 0.6 is 0 Å². The molecule has 1 aromatic heterocycles. The highest BCUT2D eigenvalue weighted by Gasteiger charge is 2.04. The van der Waals surface area contributed by atoms with Crippen LogP contribution in [0.3, 0.4) is 0 Å². The fraction of sp³-hybridized carbons (Fsp3) is 0.143. The third kappa shape index (κ3) is 1.69. The molecular formula is C14H13N3. The molecule has 0 aliphatic heterocycles. The van der Waals surface area contributed by atoms with E-state index >= 15 is 0 Å². The number of para-hydroxylation sites is 3. The van der Waals surface area contributed by atoms with Crippen molar-refractivity contribution in [3.05, 3.63) is 42.5 Å². The molecule has 0 fully saturated rings. The Morgan fingerprint density at radius 2 is 1.59 bits per heavy atom. The van der Waals surface area contributed by atoms with Crippen molar-refractivity contribution in [2.45, 2.75) is 6.92 Å². The normalized spacial score (nSPS) is 10.9. The maximum Gasteiger partial charge on any atom is 0.113 e. The van der Waals surface area contributed by atoms with Gasteiger partial charge in [0.05, 0.1) is 22.2 Å². The zero-order valence-corrected chi connectivity index (χ0v) is 9.64. The van der Waals surface area contributed by atoms with E-state index in [0.29, 0.717) is 0 Å². The van der Waals surface area contributed by atoms with E-state index < -0.39 is 0 Å². The zero-order chi connectivity index (χ0) is 11.7. The summed E-state index contributed by atoms with van der Waals surface area (Å²) < 4.78 is 0. The summed E-state index contributed by atoms with van der Waals surface area (Å²) in [6, 6.07) is 14.0. The quantitative estimate of drug-likeness (QED) is 0.678. The van der Waals surface area contributed by atoms with E-state index in [2.05, 4.69) is 22.2 Å². The number of nitrogens with zero attached hydrogens (tertiary/aromatic N) is 2. The second kappa shape index (κ2) is 4.01. The Balaban J connectivity index is 2.35. The molecule has 3 nitrogen and oxygen atoms in total. The first-order valence-corrected chi connectivity index (χ1v) is 5.78. The van der Waals surface area contributed by atoms with Gasteiger partial charge in [0.15, 0.2) is 0 Å². The summed E-state index contributed by atoms with van der Waals surface area (Å²) in [6.45, 7) is 2.96. The Hall–Kier alpha value is -2.16. The van der Waals surface area contributed by atoms with Gasteiger partial charge in [0.25, 0.3) is 0 Å². The molecule has 0 saturated heterocycles. The summed E-state index contributed by atoms with van der Waals surface area (Å²) in [6.07, 6.45) is 0. The first-order valence-electron chi connectivity index (χ1n) is 5.78. The molecule has 17 heavy (non-hydrogen) atoms. The predicted octanol–water partition coefficient (Wildman–Crippen LogP) is 3.21. The van der Waals surface area contributed by atoms with Gasteiger partial charge in [-0.3, -0.25) is 0 Å². The minimum atomic E-state index is 0.883. The van der Waals surface area contributed by atoms with E-state index in [9.17, 15) is 0 Å². The van der Waals surface area contributed by atoms with Crippen molar-refractivity contribution in [1.82, 2.24) is 9.97 Å². The molecule has 3 aromatic rings. The predicted molar refractivity (Wildman–Crippen MR) is 71.2 cm³/mol. The Morgan fingerprint density at radius 3 is 2.35 bits per heavy atom. The largest absolute Gasteiger partial charge is 0.384 e. The van der Waals surface area contributed by atoms with Crippen molar-refractivity contribution in [3.8, 4) is 0 Å². The fourth-order valence-electron chi connectivity index (χ4n) is 1.98. The van der Waals surface area contributed by atoms with Gasteiger partial charge in [-0.25, -0.2) is 9.97 Å². The van der Waals surface area contributed by atoms with Gasteiger partial charge in [-0.2, -0.15) is 0 Å². The summed E-state index contributed by atoms with van der Waals surface area (Å²) in [5.74, 6) is 0. The summed E-state index contributed by atoms with van der Waals surface area (Å²) in [5, 5.41) is 3.31. The monoisotopic (exact) mass is 223 g/mol. The van der Waals surface area contributed by atoms with Crippen molar-refractivity contribution < 1.29 is 0 Å². The highest BCUT2D eigenvalue weighted by molar-refractivity contribution is 5.93. The minimum absolute atomic E-state index is 0.883. The molecule has 0 radical (unpaired) electrons. The third-order valence-corrected chi connectivity index (χ3v) is 2.74. The Labute approximate surface area is 99.5 Å². The lowest BCUT2D eigenvalue weighted by atomic mass is 10.2. The van der Waals surface area contributed by atoms with E-state index in [1.54, 1.807) is 0 Å². The zero-order valence-electron chi connectivity index (χ0n) is 9.64. The number of nitrogens with one attached hydrogen (secondary N) is 1. The maximum atomic E-state index is 4.67. The number of hydrogen-bond acceptors (Lipinski definition) is 3. The van der Waals surface area contributed by atoms with Crippen molar-refractivity contribution in [3.63, 3.8) is 0 Å². The minimum Gasteiger partial charge on any atom is -0.384 e. The summed E-state index contributed by atoms with van der Waals surface area (Å²) >= 11 is 0. The van der Waals surface area contributed by atoms with Crippen LogP contribution in [-0.4, -0.2) is 16.5 Å². The van der Waals surface area contributed by atoms with Crippen LogP contribution in [0.4, 0.5) is 5.69 Å². The molecule has 3 heteroatoms. The van der Waals surface area contributed by atoms with Gasteiger partial charge in [-0.05, 0) is 31.2 Å². The Morgan fingerprint density at radius 1 is 0.882 bits per heavy atom. The molecule has 0 bridgehead atoms. The first-order chi connectivity index (χ1) is 8.38. The SMILES string of the molecule is CCNc1cccc2nc3ccccc3nc12. The summed E-state index contributed by atoms with van der Waals surface area (Å²) in [4.78, 5) is 9.29. The molecule has 0 unspecified atom stereocenters. The van der Waals surface area contributed by atoms with E-state index in [-0.39, 0.29) is 0 Å². The molecule has 0 aliphatic rings. The van der Waals surface area contributed by atoms with Gasteiger partial charge in [-0.1, -0.05) is 18.2 Å². The van der Waals surface area contributed by atoms with Gasteiger partial charge in [0, 0.05) is 6.54 Å². The Kier molecular flexibility index (Phi) is 2.37. The standard InChI is InChI=1S/C14H13N3/c1-2-15-12-8-5-9-13-14(12)17-11-7-4-3-6-10(11)16-13/h3-9,15H,2H2,1H3. The van der Waals surface area contributed by atoms with Gasteiger partial charge in [-0.15, -0.1) is 0 Å². The smallest absolute Gasteiger partial charge is 0.113 e. The molecule has 1 N–H and O–H groups in total. The molecule has 0 aliphatic carbocycles. The molecule has 0 amide bonds. The number of anilines is 1. The third-order valence-electron chi connectivity index (χ3n) is 2.74. The average Bonchev–Trinajstić information content (AvgIpc) is 2.37. The van der Waals surface area contributed by atoms with Gasteiger partial charge in [0.2, 0.25) is 0 Å². The van der Waals surface area contributed by atoms with Crippen molar-refractivity contribution in [2.24, 2.45) is 0 Å². The second-order valence-electron chi connectivity index (χ2n) is 3.92. The number of rotatable bonds is 2. The summed E-state index contributed by atoms with van der Waals surface area (Å²) in [7, 11) is 0. The molecule has 0 saturated carbocycles. The van der Waals surface area contributed by atoms with Crippen LogP contribution in [0.15, 0.2) is 42.5 Å². The number of aromatic nitrogens is 2. The van der Waals surface area contributed by atoms with Gasteiger partial charge < -0.3 is 5.32 Å².